The Balaban J connectivity index is 1.87. The summed E-state index contributed by atoms with van der Waals surface area (Å²) in [5.41, 5.74) is 2.74. The van der Waals surface area contributed by atoms with Gasteiger partial charge in [0.1, 0.15) is 11.5 Å². The number of nitrogens with zero attached hydrogens (tertiary/aromatic N) is 1. The monoisotopic (exact) mass is 240 g/mol. The molecule has 1 heterocycles. The number of aryl methyl sites for hydroxylation is 1. The van der Waals surface area contributed by atoms with Crippen molar-refractivity contribution in [3.63, 3.8) is 0 Å². The van der Waals surface area contributed by atoms with Crippen LogP contribution < -0.4 is 5.32 Å². The van der Waals surface area contributed by atoms with E-state index in [0.29, 0.717) is 11.6 Å². The van der Waals surface area contributed by atoms with Crippen LogP contribution in [0.25, 0.3) is 6.08 Å². The molecule has 1 fully saturated rings. The van der Waals surface area contributed by atoms with Gasteiger partial charge in [0.25, 0.3) is 5.91 Å². The third-order valence-electron chi connectivity index (χ3n) is 3.55. The van der Waals surface area contributed by atoms with E-state index >= 15 is 0 Å². The second-order valence-corrected chi connectivity index (χ2v) is 5.02. The number of hydrogen-bond donors (Lipinski definition) is 1. The molecule has 0 atom stereocenters. The van der Waals surface area contributed by atoms with E-state index in [1.807, 2.05) is 31.2 Å². The molecule has 1 aliphatic carbocycles. The fourth-order valence-electron chi connectivity index (χ4n) is 2.28. The average molecular weight is 240 g/mol. The summed E-state index contributed by atoms with van der Waals surface area (Å²) in [6.07, 6.45) is 5.40. The molecular weight excluding hydrogens is 224 g/mol. The molecule has 0 saturated heterocycles. The molecule has 1 aromatic carbocycles. The molecular formula is C15H16N2O. The van der Waals surface area contributed by atoms with Gasteiger partial charge in [-0.25, -0.2) is 4.99 Å². The maximum Gasteiger partial charge on any atom is 0.275 e. The van der Waals surface area contributed by atoms with Crippen molar-refractivity contribution >= 4 is 17.8 Å². The number of carbonyl (C=O) groups excluding carboxylic acids is 1. The van der Waals surface area contributed by atoms with E-state index in [9.17, 15) is 4.79 Å². The highest BCUT2D eigenvalue weighted by Crippen LogP contribution is 2.29. The van der Waals surface area contributed by atoms with E-state index in [2.05, 4.69) is 16.4 Å². The van der Waals surface area contributed by atoms with Crippen LogP contribution >= 0.6 is 0 Å². The minimum absolute atomic E-state index is 0.0709. The van der Waals surface area contributed by atoms with Gasteiger partial charge in [-0.2, -0.15) is 0 Å². The van der Waals surface area contributed by atoms with Gasteiger partial charge in [-0.3, -0.25) is 4.79 Å². The standard InChI is InChI=1S/C15H16N2O/c1-10-4-2-5-11(8-10)9-13-15(18)17-14(16-13)12-6-3-7-12/h2,4-5,8-9,12H,3,6-7H2,1H3,(H,16,17,18)/b13-9+. The predicted molar refractivity (Wildman–Crippen MR) is 72.1 cm³/mol. The lowest BCUT2D eigenvalue weighted by atomic mass is 9.84. The van der Waals surface area contributed by atoms with Gasteiger partial charge in [-0.15, -0.1) is 0 Å². The van der Waals surface area contributed by atoms with Crippen molar-refractivity contribution in [2.24, 2.45) is 10.9 Å². The first-order valence-electron chi connectivity index (χ1n) is 6.41. The Morgan fingerprint density at radius 3 is 2.89 bits per heavy atom. The lowest BCUT2D eigenvalue weighted by Crippen LogP contribution is -2.33. The van der Waals surface area contributed by atoms with Crippen LogP contribution in [-0.2, 0) is 4.79 Å². The first-order chi connectivity index (χ1) is 8.72. The lowest BCUT2D eigenvalue weighted by Gasteiger charge is -2.24. The van der Waals surface area contributed by atoms with Crippen molar-refractivity contribution in [2.45, 2.75) is 26.2 Å². The van der Waals surface area contributed by atoms with Crippen molar-refractivity contribution in [3.05, 3.63) is 41.1 Å². The molecule has 92 valence electrons. The zero-order chi connectivity index (χ0) is 12.5. The van der Waals surface area contributed by atoms with Gasteiger partial charge in [0.2, 0.25) is 0 Å². The highest BCUT2D eigenvalue weighted by Gasteiger charge is 2.30. The predicted octanol–water partition coefficient (Wildman–Crippen LogP) is 2.66. The number of aliphatic imine (C=N–C) groups is 1. The Labute approximate surface area is 107 Å². The highest BCUT2D eigenvalue weighted by molar-refractivity contribution is 6.15. The second-order valence-electron chi connectivity index (χ2n) is 5.02. The fraction of sp³-hybridized carbons (Fsp3) is 0.333. The first-order valence-corrected chi connectivity index (χ1v) is 6.41. The maximum atomic E-state index is 11.8. The van der Waals surface area contributed by atoms with Crippen molar-refractivity contribution in [3.8, 4) is 0 Å². The maximum absolute atomic E-state index is 11.8. The molecule has 0 radical (unpaired) electrons. The molecule has 0 bridgehead atoms. The average Bonchev–Trinajstić information content (AvgIpc) is 2.57. The fourth-order valence-corrected chi connectivity index (χ4v) is 2.28. The summed E-state index contributed by atoms with van der Waals surface area (Å²) in [7, 11) is 0. The largest absolute Gasteiger partial charge is 0.308 e. The van der Waals surface area contributed by atoms with Crippen LogP contribution in [0.1, 0.15) is 30.4 Å². The number of hydrogen-bond acceptors (Lipinski definition) is 2. The smallest absolute Gasteiger partial charge is 0.275 e. The van der Waals surface area contributed by atoms with E-state index in [1.54, 1.807) is 0 Å². The van der Waals surface area contributed by atoms with E-state index in [4.69, 9.17) is 0 Å². The van der Waals surface area contributed by atoms with Crippen molar-refractivity contribution in [2.75, 3.05) is 0 Å². The molecule has 18 heavy (non-hydrogen) atoms. The van der Waals surface area contributed by atoms with Crippen LogP contribution in [0.15, 0.2) is 35.0 Å². The van der Waals surface area contributed by atoms with E-state index in [1.165, 1.54) is 12.0 Å². The summed E-state index contributed by atoms with van der Waals surface area (Å²) in [5.74, 6) is 1.26. The summed E-state index contributed by atoms with van der Waals surface area (Å²) in [6.45, 7) is 2.04. The molecule has 1 saturated carbocycles. The third kappa shape index (κ3) is 2.08. The number of rotatable bonds is 2. The summed E-state index contributed by atoms with van der Waals surface area (Å²) in [5, 5.41) is 2.88. The van der Waals surface area contributed by atoms with Gasteiger partial charge in [0.05, 0.1) is 0 Å². The Bertz CT molecular complexity index is 553. The first kappa shape index (κ1) is 11.2. The molecule has 3 heteroatoms. The summed E-state index contributed by atoms with van der Waals surface area (Å²) in [6, 6.07) is 8.08. The lowest BCUT2D eigenvalue weighted by molar-refractivity contribution is -0.115. The highest BCUT2D eigenvalue weighted by atomic mass is 16.2. The zero-order valence-corrected chi connectivity index (χ0v) is 10.4. The van der Waals surface area contributed by atoms with Crippen LogP contribution in [0, 0.1) is 12.8 Å². The Kier molecular flexibility index (Phi) is 2.74. The zero-order valence-electron chi connectivity index (χ0n) is 10.4. The Morgan fingerprint density at radius 1 is 1.39 bits per heavy atom. The van der Waals surface area contributed by atoms with Gasteiger partial charge < -0.3 is 5.32 Å². The van der Waals surface area contributed by atoms with Crippen LogP contribution in [0.2, 0.25) is 0 Å². The van der Waals surface area contributed by atoms with E-state index < -0.39 is 0 Å². The molecule has 2 aliphatic rings. The van der Waals surface area contributed by atoms with Gasteiger partial charge in [-0.05, 0) is 31.4 Å². The van der Waals surface area contributed by atoms with Crippen LogP contribution in [0.5, 0.6) is 0 Å². The Morgan fingerprint density at radius 2 is 2.22 bits per heavy atom. The molecule has 3 rings (SSSR count). The number of carbonyl (C=O) groups is 1. The quantitative estimate of drug-likeness (QED) is 0.793. The SMILES string of the molecule is Cc1cccc(/C=C2/N=C(C3CCC3)NC2=O)c1. The molecule has 3 nitrogen and oxygen atoms in total. The molecule has 1 aliphatic heterocycles. The molecule has 0 unspecified atom stereocenters. The van der Waals surface area contributed by atoms with Gasteiger partial charge in [0.15, 0.2) is 0 Å². The Hall–Kier alpha value is -1.90. The third-order valence-corrected chi connectivity index (χ3v) is 3.55. The van der Waals surface area contributed by atoms with Crippen LogP contribution in [0.4, 0.5) is 0 Å². The van der Waals surface area contributed by atoms with E-state index in [-0.39, 0.29) is 5.91 Å². The normalized spacial score (nSPS) is 21.7. The molecule has 1 aromatic rings. The molecule has 0 spiro atoms. The minimum Gasteiger partial charge on any atom is -0.308 e. The molecule has 0 aromatic heterocycles. The van der Waals surface area contributed by atoms with Crippen LogP contribution in [0.3, 0.4) is 0 Å². The number of benzene rings is 1. The van der Waals surface area contributed by atoms with E-state index in [0.717, 1.165) is 24.2 Å². The minimum atomic E-state index is -0.0709. The number of amides is 1. The molecule has 1 N–H and O–H groups in total. The van der Waals surface area contributed by atoms with Gasteiger partial charge >= 0.3 is 0 Å². The van der Waals surface area contributed by atoms with Crippen molar-refractivity contribution in [1.82, 2.24) is 5.32 Å². The van der Waals surface area contributed by atoms with Crippen molar-refractivity contribution < 1.29 is 4.79 Å². The van der Waals surface area contributed by atoms with Gasteiger partial charge in [0, 0.05) is 5.92 Å². The topological polar surface area (TPSA) is 41.5 Å². The second kappa shape index (κ2) is 4.41. The van der Waals surface area contributed by atoms with Crippen molar-refractivity contribution in [1.29, 1.82) is 0 Å². The molecule has 1 amide bonds. The number of amidine groups is 1. The van der Waals surface area contributed by atoms with Gasteiger partial charge in [-0.1, -0.05) is 36.2 Å². The number of nitrogens with one attached hydrogen (secondary N) is 1. The summed E-state index contributed by atoms with van der Waals surface area (Å²) >= 11 is 0. The summed E-state index contributed by atoms with van der Waals surface area (Å²) in [4.78, 5) is 16.3. The van der Waals surface area contributed by atoms with Crippen LogP contribution in [-0.4, -0.2) is 11.7 Å². The summed E-state index contributed by atoms with van der Waals surface area (Å²) < 4.78 is 0.